The third-order valence-corrected chi connectivity index (χ3v) is 8.60. The quantitative estimate of drug-likeness (QED) is 0.0576. The van der Waals surface area contributed by atoms with Crippen LogP contribution >= 0.6 is 0 Å². The van der Waals surface area contributed by atoms with Crippen LogP contribution in [-0.2, 0) is 4.79 Å². The molecule has 0 radical (unpaired) electrons. The molecule has 0 aliphatic heterocycles. The minimum absolute atomic E-state index is 0.512. The van der Waals surface area contributed by atoms with Crippen molar-refractivity contribution in [2.75, 3.05) is 19.6 Å². The first-order chi connectivity index (χ1) is 20.3. The average molecular weight is 577 g/mol. The van der Waals surface area contributed by atoms with E-state index >= 15 is 0 Å². The van der Waals surface area contributed by atoms with Gasteiger partial charge in [-0.15, -0.1) is 0 Å². The maximum absolute atomic E-state index is 12.2. The molecule has 0 aromatic rings. The van der Waals surface area contributed by atoms with E-state index in [0.717, 1.165) is 45.3 Å². The van der Waals surface area contributed by atoms with Gasteiger partial charge in [-0.25, -0.2) is 0 Å². The average Bonchev–Trinajstić information content (AvgIpc) is 2.98. The van der Waals surface area contributed by atoms with Crippen molar-refractivity contribution in [3.8, 4) is 0 Å². The summed E-state index contributed by atoms with van der Waals surface area (Å²) in [5.74, 6) is 0.512. The van der Waals surface area contributed by atoms with Crippen LogP contribution < -0.4 is 11.1 Å². The minimum Gasteiger partial charge on any atom is -0.329 e. The number of allylic oxidation sites excluding steroid dienone is 2. The van der Waals surface area contributed by atoms with Gasteiger partial charge in [0.05, 0.1) is 0 Å². The molecule has 0 aliphatic rings. The second-order valence-electron chi connectivity index (χ2n) is 12.8. The fourth-order valence-electron chi connectivity index (χ4n) is 5.79. The first-order valence-corrected chi connectivity index (χ1v) is 18.9. The van der Waals surface area contributed by atoms with Gasteiger partial charge in [0.25, 0.3) is 0 Å². The Bertz CT molecular complexity index is 518. The largest absolute Gasteiger partial charge is 0.329 e. The molecule has 0 saturated carbocycles. The molecule has 0 amide bonds. The van der Waals surface area contributed by atoms with E-state index in [1.807, 2.05) is 0 Å². The summed E-state index contributed by atoms with van der Waals surface area (Å²) in [4.78, 5) is 12.2. The Morgan fingerprint density at radius 3 is 1.20 bits per heavy atom. The standard InChI is InChI=1S/C38H76N2O/c1-2-3-4-5-6-7-8-9-12-15-18-21-24-27-30-33-38(41)34-31-28-25-22-19-16-13-10-11-14-17-20-23-26-29-32-36-40-37-35-39/h9,12,40H,2-8,10-11,13-37,39H2,1H3/b12-9-. The highest BCUT2D eigenvalue weighted by Crippen LogP contribution is 2.15. The Morgan fingerprint density at radius 1 is 0.463 bits per heavy atom. The Balaban J connectivity index is 3.17. The van der Waals surface area contributed by atoms with Crippen LogP contribution in [0, 0.1) is 0 Å². The van der Waals surface area contributed by atoms with Gasteiger partial charge in [-0.1, -0.05) is 160 Å². The second-order valence-corrected chi connectivity index (χ2v) is 12.8. The van der Waals surface area contributed by atoms with Crippen molar-refractivity contribution in [1.82, 2.24) is 5.32 Å². The molecule has 0 bridgehead atoms. The predicted octanol–water partition coefficient (Wildman–Crippen LogP) is 11.8. The highest BCUT2D eigenvalue weighted by molar-refractivity contribution is 5.78. The van der Waals surface area contributed by atoms with E-state index in [0.29, 0.717) is 5.78 Å². The maximum Gasteiger partial charge on any atom is 0.132 e. The molecule has 0 aliphatic carbocycles. The number of unbranched alkanes of at least 4 members (excludes halogenated alkanes) is 26. The molecule has 3 nitrogen and oxygen atoms in total. The lowest BCUT2D eigenvalue weighted by molar-refractivity contribution is -0.119. The molecule has 0 spiro atoms. The van der Waals surface area contributed by atoms with Gasteiger partial charge < -0.3 is 11.1 Å². The fraction of sp³-hybridized carbons (Fsp3) is 0.921. The van der Waals surface area contributed by atoms with Crippen molar-refractivity contribution in [3.05, 3.63) is 12.2 Å². The Kier molecular flexibility index (Phi) is 36.7. The molecule has 0 aromatic carbocycles. The first-order valence-electron chi connectivity index (χ1n) is 18.9. The predicted molar refractivity (Wildman–Crippen MR) is 185 cm³/mol. The van der Waals surface area contributed by atoms with Crippen LogP contribution in [0.15, 0.2) is 12.2 Å². The zero-order valence-electron chi connectivity index (χ0n) is 28.2. The number of nitrogens with two attached hydrogens (primary N) is 1. The van der Waals surface area contributed by atoms with Crippen molar-refractivity contribution in [1.29, 1.82) is 0 Å². The van der Waals surface area contributed by atoms with Gasteiger partial charge in [-0.3, -0.25) is 4.79 Å². The van der Waals surface area contributed by atoms with Gasteiger partial charge in [0.1, 0.15) is 5.78 Å². The number of ketones is 1. The van der Waals surface area contributed by atoms with Gasteiger partial charge in [0, 0.05) is 25.9 Å². The summed E-state index contributed by atoms with van der Waals surface area (Å²) in [5, 5.41) is 3.37. The number of carbonyl (C=O) groups is 1. The number of Topliss-reactive ketones (excluding diaryl/α,β-unsaturated/α-hetero) is 1. The Labute approximate surface area is 259 Å². The van der Waals surface area contributed by atoms with Crippen LogP contribution in [0.5, 0.6) is 0 Å². The van der Waals surface area contributed by atoms with Crippen LogP contribution in [0.1, 0.15) is 206 Å². The summed E-state index contributed by atoms with van der Waals surface area (Å²) < 4.78 is 0. The normalized spacial score (nSPS) is 11.7. The lowest BCUT2D eigenvalue weighted by Crippen LogP contribution is -2.23. The monoisotopic (exact) mass is 577 g/mol. The molecule has 0 fully saturated rings. The second kappa shape index (κ2) is 37.4. The molecule has 0 unspecified atom stereocenters. The van der Waals surface area contributed by atoms with Crippen molar-refractivity contribution in [2.24, 2.45) is 5.73 Å². The van der Waals surface area contributed by atoms with Gasteiger partial charge in [-0.05, 0) is 51.5 Å². The summed E-state index contributed by atoms with van der Waals surface area (Å²) in [6.45, 7) is 5.13. The van der Waals surface area contributed by atoms with Gasteiger partial charge in [0.15, 0.2) is 0 Å². The van der Waals surface area contributed by atoms with Gasteiger partial charge >= 0.3 is 0 Å². The smallest absolute Gasteiger partial charge is 0.132 e. The molecule has 3 heteroatoms. The van der Waals surface area contributed by atoms with Crippen molar-refractivity contribution in [2.45, 2.75) is 206 Å². The summed E-state index contributed by atoms with van der Waals surface area (Å²) in [6.07, 6.45) is 45.5. The van der Waals surface area contributed by atoms with Crippen molar-refractivity contribution < 1.29 is 4.79 Å². The van der Waals surface area contributed by atoms with Gasteiger partial charge in [0.2, 0.25) is 0 Å². The molecule has 0 rings (SSSR count). The molecule has 0 atom stereocenters. The molecule has 0 aromatic heterocycles. The highest BCUT2D eigenvalue weighted by Gasteiger charge is 2.02. The number of nitrogens with one attached hydrogen (secondary N) is 1. The van der Waals surface area contributed by atoms with Gasteiger partial charge in [-0.2, -0.15) is 0 Å². The first kappa shape index (κ1) is 40.3. The molecule has 3 N–H and O–H groups in total. The topological polar surface area (TPSA) is 55.1 Å². The fourth-order valence-corrected chi connectivity index (χ4v) is 5.79. The molecular formula is C38H76N2O. The van der Waals surface area contributed by atoms with E-state index in [4.69, 9.17) is 5.73 Å². The summed E-state index contributed by atoms with van der Waals surface area (Å²) >= 11 is 0. The summed E-state index contributed by atoms with van der Waals surface area (Å²) in [5.41, 5.74) is 5.48. The van der Waals surface area contributed by atoms with E-state index in [1.54, 1.807) is 0 Å². The number of hydrogen-bond donors (Lipinski definition) is 2. The van der Waals surface area contributed by atoms with E-state index < -0.39 is 0 Å². The number of rotatable bonds is 36. The molecule has 0 heterocycles. The van der Waals surface area contributed by atoms with Crippen LogP contribution in [-0.4, -0.2) is 25.4 Å². The van der Waals surface area contributed by atoms with E-state index in [-0.39, 0.29) is 0 Å². The number of carbonyl (C=O) groups excluding carboxylic acids is 1. The SMILES string of the molecule is CCCCCCCC/C=C\CCCCCCCC(=O)CCCCCCCCCCCCCCCCCCNCCN. The highest BCUT2D eigenvalue weighted by atomic mass is 16.1. The zero-order valence-corrected chi connectivity index (χ0v) is 28.2. The third-order valence-electron chi connectivity index (χ3n) is 8.60. The summed E-state index contributed by atoms with van der Waals surface area (Å²) in [7, 11) is 0. The maximum atomic E-state index is 12.2. The van der Waals surface area contributed by atoms with Crippen molar-refractivity contribution in [3.63, 3.8) is 0 Å². The molecule has 0 saturated heterocycles. The van der Waals surface area contributed by atoms with E-state index in [9.17, 15) is 4.79 Å². The molecular weight excluding hydrogens is 500 g/mol. The zero-order chi connectivity index (χ0) is 29.7. The van der Waals surface area contributed by atoms with Crippen LogP contribution in [0.4, 0.5) is 0 Å². The molecule has 244 valence electrons. The third kappa shape index (κ3) is 37.3. The lowest BCUT2D eigenvalue weighted by atomic mass is 10.0. The van der Waals surface area contributed by atoms with Crippen molar-refractivity contribution >= 4 is 5.78 Å². The van der Waals surface area contributed by atoms with E-state index in [2.05, 4.69) is 24.4 Å². The van der Waals surface area contributed by atoms with Crippen LogP contribution in [0.2, 0.25) is 0 Å². The Hall–Kier alpha value is -0.670. The van der Waals surface area contributed by atoms with E-state index in [1.165, 1.54) is 173 Å². The number of hydrogen-bond acceptors (Lipinski definition) is 3. The summed E-state index contributed by atoms with van der Waals surface area (Å²) in [6, 6.07) is 0. The molecule has 41 heavy (non-hydrogen) atoms. The minimum atomic E-state index is 0.512. The Morgan fingerprint density at radius 2 is 0.805 bits per heavy atom. The van der Waals surface area contributed by atoms with Crippen LogP contribution in [0.25, 0.3) is 0 Å². The lowest BCUT2D eigenvalue weighted by Gasteiger charge is -2.05. The van der Waals surface area contributed by atoms with Crippen LogP contribution in [0.3, 0.4) is 0 Å².